The van der Waals surface area contributed by atoms with E-state index >= 15 is 0 Å². The van der Waals surface area contributed by atoms with Crippen LogP contribution in [0.25, 0.3) is 0 Å². The number of nitrogens with one attached hydrogen (secondary N) is 1. The Morgan fingerprint density at radius 3 is 2.14 bits per heavy atom. The third-order valence-corrected chi connectivity index (χ3v) is 4.26. The average Bonchev–Trinajstić information content (AvgIpc) is 2.76. The van der Waals surface area contributed by atoms with Crippen LogP contribution < -0.4 is 14.9 Å². The predicted octanol–water partition coefficient (Wildman–Crippen LogP) is 4.49. The van der Waals surface area contributed by atoms with Crippen molar-refractivity contribution in [2.75, 3.05) is 6.61 Å². The van der Waals surface area contributed by atoms with E-state index in [1.165, 1.54) is 5.56 Å². The van der Waals surface area contributed by atoms with Crippen molar-refractivity contribution in [1.82, 2.24) is 5.43 Å². The quantitative estimate of drug-likeness (QED) is 0.457. The number of nitrogens with zero attached hydrogens (tertiary/aromatic N) is 1. The van der Waals surface area contributed by atoms with Crippen LogP contribution >= 0.6 is 0 Å². The van der Waals surface area contributed by atoms with Gasteiger partial charge in [-0.3, -0.25) is 4.79 Å². The van der Waals surface area contributed by atoms with Crippen LogP contribution in [0.3, 0.4) is 0 Å². The van der Waals surface area contributed by atoms with E-state index in [4.69, 9.17) is 9.47 Å². The molecule has 0 atom stereocenters. The molecular formula is C24H24N2O3. The third kappa shape index (κ3) is 6.50. The van der Waals surface area contributed by atoms with Gasteiger partial charge in [-0.1, -0.05) is 60.2 Å². The largest absolute Gasteiger partial charge is 0.489 e. The summed E-state index contributed by atoms with van der Waals surface area (Å²) in [5.74, 6) is 1.01. The molecule has 0 radical (unpaired) electrons. The number of aryl methyl sites for hydroxylation is 1. The summed E-state index contributed by atoms with van der Waals surface area (Å²) in [6.45, 7) is 4.26. The van der Waals surface area contributed by atoms with Crippen molar-refractivity contribution in [3.63, 3.8) is 0 Å². The minimum Gasteiger partial charge on any atom is -0.489 e. The molecule has 3 rings (SSSR count). The van der Waals surface area contributed by atoms with Crippen LogP contribution in [0.2, 0.25) is 0 Å². The number of hydrogen-bond donors (Lipinski definition) is 1. The van der Waals surface area contributed by atoms with Gasteiger partial charge in [0, 0.05) is 0 Å². The van der Waals surface area contributed by atoms with E-state index < -0.39 is 0 Å². The first-order valence-electron chi connectivity index (χ1n) is 9.40. The van der Waals surface area contributed by atoms with Gasteiger partial charge >= 0.3 is 0 Å². The molecule has 0 aromatic heterocycles. The van der Waals surface area contributed by atoms with Crippen LogP contribution in [0.4, 0.5) is 0 Å². The molecular weight excluding hydrogens is 364 g/mol. The summed E-state index contributed by atoms with van der Waals surface area (Å²) in [6.07, 6.45) is 0. The lowest BCUT2D eigenvalue weighted by atomic mass is 10.1. The minimum atomic E-state index is -0.319. The summed E-state index contributed by atoms with van der Waals surface area (Å²) in [7, 11) is 0. The van der Waals surface area contributed by atoms with Crippen LogP contribution in [-0.2, 0) is 11.4 Å². The highest BCUT2D eigenvalue weighted by Gasteiger charge is 2.04. The molecule has 0 saturated heterocycles. The second-order valence-electron chi connectivity index (χ2n) is 6.63. The molecule has 1 amide bonds. The molecule has 0 aliphatic heterocycles. The molecule has 0 saturated carbocycles. The predicted molar refractivity (Wildman–Crippen MR) is 114 cm³/mol. The highest BCUT2D eigenvalue weighted by Crippen LogP contribution is 2.18. The summed E-state index contributed by atoms with van der Waals surface area (Å²) < 4.78 is 11.2. The fourth-order valence-corrected chi connectivity index (χ4v) is 2.56. The summed E-state index contributed by atoms with van der Waals surface area (Å²) in [6, 6.07) is 25.1. The standard InChI is InChI=1S/C24H24N2O3/c1-18-8-10-21(11-9-18)19(2)25-26-24(27)17-29-23-14-12-22(13-15-23)28-16-20-6-4-3-5-7-20/h3-15H,16-17H2,1-2H3,(H,26,27). The smallest absolute Gasteiger partial charge is 0.277 e. The van der Waals surface area contributed by atoms with E-state index in [0.29, 0.717) is 12.4 Å². The SMILES string of the molecule is CC(=NNC(=O)COc1ccc(OCc2ccccc2)cc1)c1ccc(C)cc1. The molecule has 3 aromatic carbocycles. The van der Waals surface area contributed by atoms with Crippen LogP contribution in [0.5, 0.6) is 11.5 Å². The van der Waals surface area contributed by atoms with Gasteiger partial charge in [-0.25, -0.2) is 5.43 Å². The normalized spacial score (nSPS) is 11.0. The number of benzene rings is 3. The zero-order valence-corrected chi connectivity index (χ0v) is 16.6. The molecule has 0 unspecified atom stereocenters. The highest BCUT2D eigenvalue weighted by atomic mass is 16.5. The molecule has 5 nitrogen and oxygen atoms in total. The van der Waals surface area contributed by atoms with Gasteiger partial charge in [0.2, 0.25) is 0 Å². The monoisotopic (exact) mass is 388 g/mol. The van der Waals surface area contributed by atoms with E-state index in [1.54, 1.807) is 12.1 Å². The number of rotatable bonds is 8. The van der Waals surface area contributed by atoms with Gasteiger partial charge in [-0.05, 0) is 49.2 Å². The molecule has 1 N–H and O–H groups in total. The van der Waals surface area contributed by atoms with Gasteiger partial charge in [-0.2, -0.15) is 5.10 Å². The number of carbonyl (C=O) groups excluding carboxylic acids is 1. The van der Waals surface area contributed by atoms with E-state index in [-0.39, 0.29) is 12.5 Å². The first kappa shape index (κ1) is 20.1. The van der Waals surface area contributed by atoms with Crippen molar-refractivity contribution < 1.29 is 14.3 Å². The van der Waals surface area contributed by atoms with Gasteiger partial charge in [-0.15, -0.1) is 0 Å². The maximum Gasteiger partial charge on any atom is 0.277 e. The first-order valence-corrected chi connectivity index (χ1v) is 9.40. The Balaban J connectivity index is 1.43. The number of ether oxygens (including phenoxy) is 2. The zero-order valence-electron chi connectivity index (χ0n) is 16.6. The zero-order chi connectivity index (χ0) is 20.5. The summed E-state index contributed by atoms with van der Waals surface area (Å²) in [5.41, 5.74) is 6.49. The highest BCUT2D eigenvalue weighted by molar-refractivity contribution is 5.99. The Hall–Kier alpha value is -3.60. The molecule has 0 heterocycles. The number of hydrazone groups is 1. The lowest BCUT2D eigenvalue weighted by molar-refractivity contribution is -0.123. The van der Waals surface area contributed by atoms with Crippen molar-refractivity contribution in [2.45, 2.75) is 20.5 Å². The van der Waals surface area contributed by atoms with Crippen LogP contribution in [0.15, 0.2) is 84.0 Å². The van der Waals surface area contributed by atoms with E-state index in [2.05, 4.69) is 10.5 Å². The maximum absolute atomic E-state index is 12.0. The number of carbonyl (C=O) groups is 1. The van der Waals surface area contributed by atoms with Gasteiger partial charge in [0.05, 0.1) is 5.71 Å². The van der Waals surface area contributed by atoms with E-state index in [1.807, 2.05) is 80.6 Å². The summed E-state index contributed by atoms with van der Waals surface area (Å²) >= 11 is 0. The van der Waals surface area contributed by atoms with Crippen LogP contribution in [-0.4, -0.2) is 18.2 Å². The lowest BCUT2D eigenvalue weighted by Gasteiger charge is -2.09. The van der Waals surface area contributed by atoms with Crippen molar-refractivity contribution in [1.29, 1.82) is 0 Å². The van der Waals surface area contributed by atoms with E-state index in [0.717, 1.165) is 22.6 Å². The Kier molecular flexibility index (Phi) is 7.00. The average molecular weight is 388 g/mol. The Bertz CT molecular complexity index is 950. The Morgan fingerprint density at radius 1 is 0.862 bits per heavy atom. The second-order valence-corrected chi connectivity index (χ2v) is 6.63. The molecule has 29 heavy (non-hydrogen) atoms. The van der Waals surface area contributed by atoms with Crippen molar-refractivity contribution in [2.24, 2.45) is 5.10 Å². The molecule has 0 bridgehead atoms. The number of hydrogen-bond acceptors (Lipinski definition) is 4. The van der Waals surface area contributed by atoms with Crippen molar-refractivity contribution in [3.8, 4) is 11.5 Å². The maximum atomic E-state index is 12.0. The fraction of sp³-hybridized carbons (Fsp3) is 0.167. The lowest BCUT2D eigenvalue weighted by Crippen LogP contribution is -2.25. The first-order chi connectivity index (χ1) is 14.1. The van der Waals surface area contributed by atoms with Gasteiger partial charge < -0.3 is 9.47 Å². The molecule has 0 aliphatic carbocycles. The van der Waals surface area contributed by atoms with Crippen LogP contribution in [0.1, 0.15) is 23.6 Å². The molecule has 148 valence electrons. The third-order valence-electron chi connectivity index (χ3n) is 4.26. The van der Waals surface area contributed by atoms with Crippen LogP contribution in [0, 0.1) is 6.92 Å². The molecule has 5 heteroatoms. The second kappa shape index (κ2) is 10.1. The minimum absolute atomic E-state index is 0.116. The summed E-state index contributed by atoms with van der Waals surface area (Å²) in [4.78, 5) is 12.0. The van der Waals surface area contributed by atoms with Gasteiger partial charge in [0.15, 0.2) is 6.61 Å². The fourth-order valence-electron chi connectivity index (χ4n) is 2.56. The van der Waals surface area contributed by atoms with E-state index in [9.17, 15) is 4.79 Å². The van der Waals surface area contributed by atoms with Crippen molar-refractivity contribution >= 4 is 11.6 Å². The summed E-state index contributed by atoms with van der Waals surface area (Å²) in [5, 5.41) is 4.12. The van der Waals surface area contributed by atoms with Gasteiger partial charge in [0.25, 0.3) is 5.91 Å². The molecule has 0 fully saturated rings. The molecule has 0 spiro atoms. The number of amides is 1. The van der Waals surface area contributed by atoms with Crippen molar-refractivity contribution in [3.05, 3.63) is 95.6 Å². The molecule has 3 aromatic rings. The Morgan fingerprint density at radius 2 is 1.48 bits per heavy atom. The topological polar surface area (TPSA) is 59.9 Å². The van der Waals surface area contributed by atoms with Gasteiger partial charge in [0.1, 0.15) is 18.1 Å². The Labute approximate surface area is 171 Å². The molecule has 0 aliphatic rings.